The normalized spacial score (nSPS) is 12.1. The summed E-state index contributed by atoms with van der Waals surface area (Å²) in [7, 11) is 0. The number of imidazole rings is 1. The second kappa shape index (κ2) is 10.5. The Morgan fingerprint density at radius 3 is 2.61 bits per heavy atom. The molecule has 162 valence electrons. The average Bonchev–Trinajstić information content (AvgIpc) is 3.21. The molecule has 3 rings (SSSR count). The molecule has 0 saturated carbocycles. The zero-order valence-electron chi connectivity index (χ0n) is 18.8. The van der Waals surface area contributed by atoms with Crippen LogP contribution in [-0.4, -0.2) is 32.3 Å². The third-order valence-corrected chi connectivity index (χ3v) is 4.76. The number of aliphatic imine (C=N–C) groups is 1. The molecule has 2 aromatic heterocycles. The number of hydrogen-bond acceptors (Lipinski definition) is 6. The summed E-state index contributed by atoms with van der Waals surface area (Å²) >= 11 is 0. The first kappa shape index (κ1) is 22.2. The zero-order valence-corrected chi connectivity index (χ0v) is 18.8. The highest BCUT2D eigenvalue weighted by molar-refractivity contribution is 5.84. The second-order valence-corrected chi connectivity index (χ2v) is 7.47. The topological polar surface area (TPSA) is 80.0 Å². The van der Waals surface area contributed by atoms with Crippen molar-refractivity contribution in [2.75, 3.05) is 17.2 Å². The number of nitrogens with zero attached hydrogens (tertiary/aromatic N) is 5. The summed E-state index contributed by atoms with van der Waals surface area (Å²) in [5.74, 6) is 1.35. The van der Waals surface area contributed by atoms with Gasteiger partial charge in [-0.3, -0.25) is 4.99 Å². The summed E-state index contributed by atoms with van der Waals surface area (Å²) in [6.45, 7) is 13.5. The van der Waals surface area contributed by atoms with Gasteiger partial charge in [-0.2, -0.15) is 9.97 Å². The number of fused-ring (bicyclic) bond motifs is 1. The fourth-order valence-electron chi connectivity index (χ4n) is 3.18. The molecule has 0 unspecified atom stereocenters. The minimum Gasteiger partial charge on any atom is -0.364 e. The van der Waals surface area contributed by atoms with Gasteiger partial charge in [0.05, 0.1) is 12.0 Å². The van der Waals surface area contributed by atoms with Gasteiger partial charge < -0.3 is 15.2 Å². The summed E-state index contributed by atoms with van der Waals surface area (Å²) < 4.78 is 2.07. The smallest absolute Gasteiger partial charge is 0.226 e. The van der Waals surface area contributed by atoms with Gasteiger partial charge in [-0.05, 0) is 38.8 Å². The molecule has 2 N–H and O–H groups in total. The van der Waals surface area contributed by atoms with Gasteiger partial charge in [-0.15, -0.1) is 0 Å². The summed E-state index contributed by atoms with van der Waals surface area (Å²) in [5.41, 5.74) is 4.69. The predicted molar refractivity (Wildman–Crippen MR) is 131 cm³/mol. The van der Waals surface area contributed by atoms with Gasteiger partial charge >= 0.3 is 0 Å². The SMILES string of the molecule is C=C/C=C(\N=CC)c1ccc(CNc2nc(NCCC)nc3c2ncn3C(C)C)cc1. The van der Waals surface area contributed by atoms with Crippen LogP contribution in [0.15, 0.2) is 54.3 Å². The summed E-state index contributed by atoms with van der Waals surface area (Å²) in [6.07, 6.45) is 8.27. The van der Waals surface area contributed by atoms with E-state index in [0.717, 1.165) is 46.8 Å². The molecule has 0 spiro atoms. The monoisotopic (exact) mass is 417 g/mol. The molecule has 0 radical (unpaired) electrons. The van der Waals surface area contributed by atoms with Crippen molar-refractivity contribution >= 4 is 34.8 Å². The van der Waals surface area contributed by atoms with E-state index in [1.54, 1.807) is 12.3 Å². The van der Waals surface area contributed by atoms with E-state index in [4.69, 9.17) is 0 Å². The molecule has 0 aliphatic heterocycles. The van der Waals surface area contributed by atoms with Crippen LogP contribution in [0.4, 0.5) is 11.8 Å². The number of hydrogen-bond donors (Lipinski definition) is 2. The highest BCUT2D eigenvalue weighted by atomic mass is 15.2. The van der Waals surface area contributed by atoms with Crippen LogP contribution in [0.5, 0.6) is 0 Å². The zero-order chi connectivity index (χ0) is 22.2. The van der Waals surface area contributed by atoms with E-state index in [1.165, 1.54) is 0 Å². The van der Waals surface area contributed by atoms with Crippen molar-refractivity contribution in [2.24, 2.45) is 4.99 Å². The minimum absolute atomic E-state index is 0.267. The molecule has 0 amide bonds. The lowest BCUT2D eigenvalue weighted by Crippen LogP contribution is -2.10. The highest BCUT2D eigenvalue weighted by Gasteiger charge is 2.14. The summed E-state index contributed by atoms with van der Waals surface area (Å²) in [5, 5.41) is 6.74. The molecule has 7 nitrogen and oxygen atoms in total. The quantitative estimate of drug-likeness (QED) is 0.338. The molecule has 0 aliphatic carbocycles. The van der Waals surface area contributed by atoms with Crippen molar-refractivity contribution in [3.63, 3.8) is 0 Å². The Balaban J connectivity index is 1.84. The molecule has 0 aliphatic rings. The predicted octanol–water partition coefficient (Wildman–Crippen LogP) is 5.46. The standard InChI is InChI=1S/C24H31N7/c1-6-9-20(25-8-3)19-12-10-18(11-13-19)15-27-22-21-23(31(16-28-21)17(4)5)30-24(29-22)26-14-7-2/h6,8-13,16-17H,1,7,14-15H2,2-5H3,(H2,26,27,29,30)/b20-9-,25-8?. The molecular weight excluding hydrogens is 386 g/mol. The van der Waals surface area contributed by atoms with E-state index in [9.17, 15) is 0 Å². The third-order valence-electron chi connectivity index (χ3n) is 4.76. The van der Waals surface area contributed by atoms with Crippen LogP contribution < -0.4 is 10.6 Å². The third kappa shape index (κ3) is 5.36. The van der Waals surface area contributed by atoms with E-state index in [1.807, 2.05) is 19.3 Å². The number of allylic oxidation sites excluding steroid dienone is 2. The lowest BCUT2D eigenvalue weighted by atomic mass is 10.1. The molecule has 2 heterocycles. The van der Waals surface area contributed by atoms with E-state index < -0.39 is 0 Å². The van der Waals surface area contributed by atoms with Crippen LogP contribution in [0.25, 0.3) is 16.9 Å². The second-order valence-electron chi connectivity index (χ2n) is 7.47. The van der Waals surface area contributed by atoms with E-state index >= 15 is 0 Å². The van der Waals surface area contributed by atoms with Crippen molar-refractivity contribution in [3.05, 3.63) is 60.5 Å². The Morgan fingerprint density at radius 1 is 1.19 bits per heavy atom. The Kier molecular flexibility index (Phi) is 7.54. The summed E-state index contributed by atoms with van der Waals surface area (Å²) in [4.78, 5) is 18.3. The maximum atomic E-state index is 4.69. The molecule has 7 heteroatoms. The Bertz CT molecular complexity index is 1080. The Hall–Kier alpha value is -3.48. The van der Waals surface area contributed by atoms with Crippen molar-refractivity contribution < 1.29 is 0 Å². The number of nitrogens with one attached hydrogen (secondary N) is 2. The van der Waals surface area contributed by atoms with Crippen LogP contribution in [0.3, 0.4) is 0 Å². The molecule has 0 bridgehead atoms. The molecule has 3 aromatic rings. The maximum absolute atomic E-state index is 4.69. The van der Waals surface area contributed by atoms with E-state index in [0.29, 0.717) is 12.5 Å². The van der Waals surface area contributed by atoms with Crippen molar-refractivity contribution in [1.29, 1.82) is 0 Å². The fraction of sp³-hybridized carbons (Fsp3) is 0.333. The van der Waals surface area contributed by atoms with Gasteiger partial charge in [0.1, 0.15) is 0 Å². The molecular formula is C24H31N7. The van der Waals surface area contributed by atoms with Gasteiger partial charge in [0.2, 0.25) is 5.95 Å². The number of benzene rings is 1. The van der Waals surface area contributed by atoms with Crippen LogP contribution in [0, 0.1) is 0 Å². The molecule has 0 atom stereocenters. The lowest BCUT2D eigenvalue weighted by molar-refractivity contribution is 0.613. The van der Waals surface area contributed by atoms with Crippen LogP contribution in [0.1, 0.15) is 51.3 Å². The van der Waals surface area contributed by atoms with E-state index in [-0.39, 0.29) is 6.04 Å². The maximum Gasteiger partial charge on any atom is 0.226 e. The minimum atomic E-state index is 0.267. The molecule has 0 fully saturated rings. The molecule has 1 aromatic carbocycles. The molecule has 31 heavy (non-hydrogen) atoms. The number of rotatable bonds is 10. The van der Waals surface area contributed by atoms with Crippen molar-refractivity contribution in [3.8, 4) is 0 Å². The number of anilines is 2. The lowest BCUT2D eigenvalue weighted by Gasteiger charge is -2.12. The van der Waals surface area contributed by atoms with Crippen LogP contribution >= 0.6 is 0 Å². The summed E-state index contributed by atoms with van der Waals surface area (Å²) in [6, 6.07) is 8.58. The average molecular weight is 418 g/mol. The van der Waals surface area contributed by atoms with Gasteiger partial charge in [0, 0.05) is 30.9 Å². The van der Waals surface area contributed by atoms with Crippen molar-refractivity contribution in [1.82, 2.24) is 19.5 Å². The largest absolute Gasteiger partial charge is 0.364 e. The van der Waals surface area contributed by atoms with Crippen molar-refractivity contribution in [2.45, 2.75) is 46.7 Å². The van der Waals surface area contributed by atoms with Gasteiger partial charge in [-0.1, -0.05) is 43.8 Å². The Labute approximate surface area is 184 Å². The highest BCUT2D eigenvalue weighted by Crippen LogP contribution is 2.24. The van der Waals surface area contributed by atoms with Gasteiger partial charge in [-0.25, -0.2) is 4.98 Å². The first-order valence-electron chi connectivity index (χ1n) is 10.7. The Morgan fingerprint density at radius 2 is 1.97 bits per heavy atom. The fourth-order valence-corrected chi connectivity index (χ4v) is 3.18. The van der Waals surface area contributed by atoms with Gasteiger partial charge in [0.15, 0.2) is 17.0 Å². The van der Waals surface area contributed by atoms with E-state index in [2.05, 4.69) is 86.8 Å². The van der Waals surface area contributed by atoms with Gasteiger partial charge in [0.25, 0.3) is 0 Å². The van der Waals surface area contributed by atoms with Crippen LogP contribution in [0.2, 0.25) is 0 Å². The number of aromatic nitrogens is 4. The molecule has 0 saturated heterocycles. The van der Waals surface area contributed by atoms with Crippen LogP contribution in [-0.2, 0) is 6.54 Å². The first-order chi connectivity index (χ1) is 15.1. The first-order valence-corrected chi connectivity index (χ1v) is 10.7.